The maximum Gasteiger partial charge on any atom is 0.227 e. The molecule has 2 aromatic heterocycles. The van der Waals surface area contributed by atoms with Crippen molar-refractivity contribution in [2.45, 2.75) is 38.6 Å². The van der Waals surface area contributed by atoms with Crippen molar-refractivity contribution in [3.05, 3.63) is 57.6 Å². The molecule has 1 saturated heterocycles. The summed E-state index contributed by atoms with van der Waals surface area (Å²) in [6.07, 6.45) is 3.15. The molecule has 4 rings (SSSR count). The van der Waals surface area contributed by atoms with Crippen molar-refractivity contribution < 1.29 is 9.32 Å². The van der Waals surface area contributed by atoms with Crippen LogP contribution in [0.4, 0.5) is 0 Å². The Hall–Kier alpha value is -2.22. The molecule has 0 aliphatic carbocycles. The minimum atomic E-state index is -0.00169. The first-order chi connectivity index (χ1) is 15.1. The Morgan fingerprint density at radius 3 is 2.77 bits per heavy atom. The fourth-order valence-electron chi connectivity index (χ4n) is 3.82. The Labute approximate surface area is 191 Å². The second-order valence-corrected chi connectivity index (χ2v) is 9.49. The van der Waals surface area contributed by atoms with Gasteiger partial charge in [-0.15, -0.1) is 11.3 Å². The van der Waals surface area contributed by atoms with Crippen molar-refractivity contribution in [3.8, 4) is 11.4 Å². The van der Waals surface area contributed by atoms with Gasteiger partial charge in [0.05, 0.1) is 6.04 Å². The first-order valence-electron chi connectivity index (χ1n) is 10.7. The van der Waals surface area contributed by atoms with Gasteiger partial charge in [0.1, 0.15) is 0 Å². The molecule has 1 unspecified atom stereocenters. The lowest BCUT2D eigenvalue weighted by molar-refractivity contribution is -0.121. The fraction of sp³-hybridized carbons (Fsp3) is 0.435. The number of thiophene rings is 1. The Morgan fingerprint density at radius 2 is 2.06 bits per heavy atom. The van der Waals surface area contributed by atoms with Gasteiger partial charge in [-0.1, -0.05) is 29.7 Å². The van der Waals surface area contributed by atoms with Gasteiger partial charge in [0.2, 0.25) is 17.6 Å². The minimum Gasteiger partial charge on any atom is -0.354 e. The molecule has 8 heteroatoms. The molecule has 1 aliphatic rings. The molecule has 6 nitrogen and oxygen atoms in total. The van der Waals surface area contributed by atoms with Crippen molar-refractivity contribution >= 4 is 28.8 Å². The lowest BCUT2D eigenvalue weighted by Gasteiger charge is -2.36. The zero-order valence-corrected chi connectivity index (χ0v) is 19.2. The summed E-state index contributed by atoms with van der Waals surface area (Å²) in [6.45, 7) is 5.09. The van der Waals surface area contributed by atoms with Crippen LogP contribution in [-0.2, 0) is 11.2 Å². The molecule has 31 heavy (non-hydrogen) atoms. The van der Waals surface area contributed by atoms with Crippen molar-refractivity contribution in [2.75, 3.05) is 19.6 Å². The molecular weight excluding hydrogens is 432 g/mol. The molecule has 3 aromatic rings. The summed E-state index contributed by atoms with van der Waals surface area (Å²) in [5.41, 5.74) is 0.832. The molecule has 3 heterocycles. The van der Waals surface area contributed by atoms with Crippen LogP contribution in [0.1, 0.15) is 43.0 Å². The van der Waals surface area contributed by atoms with Crippen LogP contribution in [0.5, 0.6) is 0 Å². The van der Waals surface area contributed by atoms with Crippen LogP contribution in [0.15, 0.2) is 46.3 Å². The van der Waals surface area contributed by atoms with Gasteiger partial charge in [-0.05, 0) is 67.6 Å². The van der Waals surface area contributed by atoms with E-state index in [1.807, 2.05) is 12.1 Å². The van der Waals surface area contributed by atoms with Crippen LogP contribution in [0.3, 0.4) is 0 Å². The van der Waals surface area contributed by atoms with E-state index in [1.54, 1.807) is 23.5 Å². The molecule has 1 aromatic carbocycles. The Morgan fingerprint density at radius 1 is 1.29 bits per heavy atom. The number of halogens is 1. The quantitative estimate of drug-likeness (QED) is 0.515. The maximum absolute atomic E-state index is 12.5. The number of aromatic nitrogens is 2. The van der Waals surface area contributed by atoms with Gasteiger partial charge in [-0.2, -0.15) is 4.98 Å². The molecule has 0 radical (unpaired) electrons. The average molecular weight is 459 g/mol. The summed E-state index contributed by atoms with van der Waals surface area (Å²) in [5, 5.41) is 9.88. The van der Waals surface area contributed by atoms with Crippen LogP contribution in [0, 0.1) is 5.92 Å². The van der Waals surface area contributed by atoms with Gasteiger partial charge in [0, 0.05) is 34.8 Å². The van der Waals surface area contributed by atoms with E-state index in [0.717, 1.165) is 24.6 Å². The van der Waals surface area contributed by atoms with E-state index in [4.69, 9.17) is 16.1 Å². The van der Waals surface area contributed by atoms with Gasteiger partial charge >= 0.3 is 0 Å². The summed E-state index contributed by atoms with van der Waals surface area (Å²) in [7, 11) is 0. The number of carbonyl (C=O) groups is 1. The SMILES string of the molecule is CC1CCN(C(CNC(=O)CCc2nc(-c3ccc(Cl)cc3)no2)c2cccs2)CC1. The van der Waals surface area contributed by atoms with Crippen LogP contribution in [0.25, 0.3) is 11.4 Å². The number of amides is 1. The summed E-state index contributed by atoms with van der Waals surface area (Å²) in [6, 6.07) is 11.7. The van der Waals surface area contributed by atoms with E-state index in [0.29, 0.717) is 36.1 Å². The maximum atomic E-state index is 12.5. The topological polar surface area (TPSA) is 71.3 Å². The number of likely N-dealkylation sites (tertiary alicyclic amines) is 1. The van der Waals surface area contributed by atoms with E-state index >= 15 is 0 Å². The van der Waals surface area contributed by atoms with Gasteiger partial charge in [-0.25, -0.2) is 0 Å². The normalized spacial score (nSPS) is 16.3. The summed E-state index contributed by atoms with van der Waals surface area (Å²) in [4.78, 5) is 20.7. The van der Waals surface area contributed by atoms with Gasteiger partial charge < -0.3 is 9.84 Å². The van der Waals surface area contributed by atoms with E-state index in [1.165, 1.54) is 17.7 Å². The van der Waals surface area contributed by atoms with E-state index in [9.17, 15) is 4.79 Å². The number of aryl methyl sites for hydroxylation is 1. The lowest BCUT2D eigenvalue weighted by Crippen LogP contribution is -2.41. The summed E-state index contributed by atoms with van der Waals surface area (Å²) in [5.74, 6) is 1.74. The van der Waals surface area contributed by atoms with Crippen molar-refractivity contribution in [3.63, 3.8) is 0 Å². The molecule has 1 fully saturated rings. The highest BCUT2D eigenvalue weighted by Gasteiger charge is 2.25. The third-order valence-corrected chi connectivity index (χ3v) is 6.99. The van der Waals surface area contributed by atoms with E-state index < -0.39 is 0 Å². The second kappa shape index (κ2) is 10.4. The lowest BCUT2D eigenvalue weighted by atomic mass is 9.97. The molecule has 0 saturated carbocycles. The summed E-state index contributed by atoms with van der Waals surface area (Å²) >= 11 is 7.67. The van der Waals surface area contributed by atoms with Crippen molar-refractivity contribution in [1.82, 2.24) is 20.4 Å². The standard InChI is InChI=1S/C23H27ClN4O2S/c1-16-10-12-28(13-11-16)19(20-3-2-14-31-20)15-25-21(29)8-9-22-26-23(27-30-22)17-4-6-18(24)7-5-17/h2-7,14,16,19H,8-13,15H2,1H3,(H,25,29). The van der Waals surface area contributed by atoms with Gasteiger partial charge in [0.15, 0.2) is 0 Å². The number of hydrogen-bond acceptors (Lipinski definition) is 6. The van der Waals surface area contributed by atoms with Crippen LogP contribution < -0.4 is 5.32 Å². The third kappa shape index (κ3) is 5.93. The average Bonchev–Trinajstić information content (AvgIpc) is 3.47. The molecule has 0 bridgehead atoms. The van der Waals surface area contributed by atoms with Crippen molar-refractivity contribution in [1.29, 1.82) is 0 Å². The number of rotatable bonds is 8. The van der Waals surface area contributed by atoms with E-state index in [-0.39, 0.29) is 11.9 Å². The number of piperidine rings is 1. The molecule has 164 valence electrons. The molecule has 1 aliphatic heterocycles. The zero-order chi connectivity index (χ0) is 21.6. The first kappa shape index (κ1) is 22.0. The van der Waals surface area contributed by atoms with Crippen molar-refractivity contribution in [2.24, 2.45) is 5.92 Å². The number of carbonyl (C=O) groups excluding carboxylic acids is 1. The second-order valence-electron chi connectivity index (χ2n) is 8.07. The molecule has 0 spiro atoms. The molecule has 1 amide bonds. The molecule has 1 N–H and O–H groups in total. The predicted octanol–water partition coefficient (Wildman–Crippen LogP) is 4.97. The number of benzene rings is 1. The van der Waals surface area contributed by atoms with Gasteiger partial charge in [0.25, 0.3) is 0 Å². The smallest absolute Gasteiger partial charge is 0.227 e. The largest absolute Gasteiger partial charge is 0.354 e. The Kier molecular flexibility index (Phi) is 7.37. The molecule has 1 atom stereocenters. The van der Waals surface area contributed by atoms with Crippen LogP contribution in [0.2, 0.25) is 5.02 Å². The predicted molar refractivity (Wildman–Crippen MR) is 123 cm³/mol. The zero-order valence-electron chi connectivity index (χ0n) is 17.6. The first-order valence-corrected chi connectivity index (χ1v) is 12.0. The van der Waals surface area contributed by atoms with Crippen LogP contribution in [-0.4, -0.2) is 40.6 Å². The minimum absolute atomic E-state index is 0.00169. The highest BCUT2D eigenvalue weighted by molar-refractivity contribution is 7.10. The van der Waals surface area contributed by atoms with E-state index in [2.05, 4.69) is 44.8 Å². The monoisotopic (exact) mass is 458 g/mol. The van der Waals surface area contributed by atoms with Crippen LogP contribution >= 0.6 is 22.9 Å². The third-order valence-electron chi connectivity index (χ3n) is 5.76. The molecular formula is C23H27ClN4O2S. The highest BCUT2D eigenvalue weighted by Crippen LogP contribution is 2.29. The number of hydrogen-bond donors (Lipinski definition) is 1. The Balaban J connectivity index is 1.29. The summed E-state index contributed by atoms with van der Waals surface area (Å²) < 4.78 is 5.31. The Bertz CT molecular complexity index is 966. The fourth-order valence-corrected chi connectivity index (χ4v) is 4.81. The number of nitrogens with zero attached hydrogens (tertiary/aromatic N) is 3. The highest BCUT2D eigenvalue weighted by atomic mass is 35.5. The number of nitrogens with one attached hydrogen (secondary N) is 1. The van der Waals surface area contributed by atoms with Gasteiger partial charge in [-0.3, -0.25) is 9.69 Å².